The molecule has 6 nitrogen and oxygen atoms in total. The molecule has 0 radical (unpaired) electrons. The lowest BCUT2D eigenvalue weighted by molar-refractivity contribution is -0.132. The number of carbonyl (C=O) groups is 1. The number of nitrogens with zero attached hydrogens (tertiary/aromatic N) is 3. The van der Waals surface area contributed by atoms with E-state index in [2.05, 4.69) is 10.1 Å². The molecule has 3 rings (SSSR count). The summed E-state index contributed by atoms with van der Waals surface area (Å²) in [6, 6.07) is 2.05. The van der Waals surface area contributed by atoms with Crippen LogP contribution in [0.1, 0.15) is 25.2 Å². The second-order valence-electron chi connectivity index (χ2n) is 5.27. The van der Waals surface area contributed by atoms with E-state index in [0.717, 1.165) is 24.9 Å². The van der Waals surface area contributed by atoms with E-state index in [-0.39, 0.29) is 24.4 Å². The highest BCUT2D eigenvalue weighted by molar-refractivity contribution is 7.08. The van der Waals surface area contributed by atoms with E-state index >= 15 is 0 Å². The van der Waals surface area contributed by atoms with Gasteiger partial charge < -0.3 is 15.2 Å². The minimum Gasteiger partial charge on any atom is -0.341 e. The molecule has 1 saturated heterocycles. The van der Waals surface area contributed by atoms with Crippen LogP contribution >= 0.6 is 23.7 Å². The smallest absolute Gasteiger partial charge is 0.227 e. The Morgan fingerprint density at radius 1 is 1.55 bits per heavy atom. The van der Waals surface area contributed by atoms with Crippen LogP contribution in [0.4, 0.5) is 0 Å². The minimum absolute atomic E-state index is 0. The normalized spacial score (nSPS) is 18.0. The Balaban J connectivity index is 0.00000176. The van der Waals surface area contributed by atoms with E-state index in [1.807, 2.05) is 21.7 Å². The third kappa shape index (κ3) is 4.06. The number of likely N-dealkylation sites (tertiary alicyclic amines) is 1. The number of hydrogen-bond acceptors (Lipinski definition) is 6. The third-order valence-electron chi connectivity index (χ3n) is 3.61. The average molecular weight is 343 g/mol. The Kier molecular flexibility index (Phi) is 5.93. The Labute approximate surface area is 139 Å². The maximum atomic E-state index is 12.1. The van der Waals surface area contributed by atoms with Gasteiger partial charge in [-0.3, -0.25) is 4.79 Å². The summed E-state index contributed by atoms with van der Waals surface area (Å²) in [4.78, 5) is 18.3. The van der Waals surface area contributed by atoms with Crippen LogP contribution in [-0.2, 0) is 11.2 Å². The molecular formula is C14H19ClN4O2S. The first-order valence-electron chi connectivity index (χ1n) is 7.11. The van der Waals surface area contributed by atoms with Gasteiger partial charge in [0, 0.05) is 42.9 Å². The van der Waals surface area contributed by atoms with Gasteiger partial charge in [-0.15, -0.1) is 12.4 Å². The Morgan fingerprint density at radius 3 is 3.14 bits per heavy atom. The number of thiophene rings is 1. The highest BCUT2D eigenvalue weighted by atomic mass is 35.5. The largest absolute Gasteiger partial charge is 0.341 e. The first kappa shape index (κ1) is 16.9. The van der Waals surface area contributed by atoms with Crippen LogP contribution in [0.25, 0.3) is 11.4 Å². The van der Waals surface area contributed by atoms with Gasteiger partial charge in [-0.05, 0) is 24.3 Å². The van der Waals surface area contributed by atoms with Crippen LogP contribution in [-0.4, -0.2) is 40.1 Å². The quantitative estimate of drug-likeness (QED) is 0.919. The number of amides is 1. The number of aryl methyl sites for hydroxylation is 1. The van der Waals surface area contributed by atoms with Crippen LogP contribution < -0.4 is 5.73 Å². The lowest BCUT2D eigenvalue weighted by atomic mass is 10.1. The fourth-order valence-electron chi connectivity index (χ4n) is 2.47. The van der Waals surface area contributed by atoms with Crippen molar-refractivity contribution in [1.29, 1.82) is 0 Å². The van der Waals surface area contributed by atoms with Crippen molar-refractivity contribution < 1.29 is 9.32 Å². The molecule has 1 unspecified atom stereocenters. The van der Waals surface area contributed by atoms with E-state index in [0.29, 0.717) is 31.1 Å². The number of halogens is 1. The van der Waals surface area contributed by atoms with Crippen LogP contribution in [0.5, 0.6) is 0 Å². The predicted molar refractivity (Wildman–Crippen MR) is 87.0 cm³/mol. The Bertz CT molecular complexity index is 602. The highest BCUT2D eigenvalue weighted by Crippen LogP contribution is 2.19. The summed E-state index contributed by atoms with van der Waals surface area (Å²) in [6.45, 7) is 1.46. The molecule has 0 aliphatic carbocycles. The number of hydrogen-bond donors (Lipinski definition) is 1. The van der Waals surface area contributed by atoms with Crippen molar-refractivity contribution in [3.63, 3.8) is 0 Å². The fourth-order valence-corrected chi connectivity index (χ4v) is 3.11. The van der Waals surface area contributed by atoms with E-state index in [4.69, 9.17) is 10.3 Å². The minimum atomic E-state index is 0. The molecule has 2 N–H and O–H groups in total. The van der Waals surface area contributed by atoms with Crippen molar-refractivity contribution in [3.05, 3.63) is 22.7 Å². The number of piperidine rings is 1. The van der Waals surface area contributed by atoms with Gasteiger partial charge in [-0.25, -0.2) is 0 Å². The van der Waals surface area contributed by atoms with E-state index in [9.17, 15) is 4.79 Å². The number of carbonyl (C=O) groups excluding carboxylic acids is 1. The van der Waals surface area contributed by atoms with Gasteiger partial charge in [0.1, 0.15) is 0 Å². The molecular weight excluding hydrogens is 324 g/mol. The molecule has 22 heavy (non-hydrogen) atoms. The number of aromatic nitrogens is 2. The van der Waals surface area contributed by atoms with Crippen molar-refractivity contribution in [2.45, 2.75) is 31.7 Å². The monoisotopic (exact) mass is 342 g/mol. The van der Waals surface area contributed by atoms with Gasteiger partial charge in [0.2, 0.25) is 17.6 Å². The molecule has 0 bridgehead atoms. The van der Waals surface area contributed by atoms with E-state index in [1.54, 1.807) is 11.3 Å². The summed E-state index contributed by atoms with van der Waals surface area (Å²) in [5.41, 5.74) is 6.84. The summed E-state index contributed by atoms with van der Waals surface area (Å²) in [5.74, 6) is 1.20. The van der Waals surface area contributed by atoms with Gasteiger partial charge in [0.25, 0.3) is 0 Å². The lowest BCUT2D eigenvalue weighted by Crippen LogP contribution is -2.45. The number of nitrogens with two attached hydrogens (primary N) is 1. The zero-order valence-corrected chi connectivity index (χ0v) is 13.7. The maximum absolute atomic E-state index is 12.1. The summed E-state index contributed by atoms with van der Waals surface area (Å²) in [7, 11) is 0. The van der Waals surface area contributed by atoms with Gasteiger partial charge in [0.15, 0.2) is 0 Å². The molecule has 2 aromatic heterocycles. The summed E-state index contributed by atoms with van der Waals surface area (Å²) in [6.07, 6.45) is 2.84. The average Bonchev–Trinajstić information content (AvgIpc) is 3.15. The first-order chi connectivity index (χ1) is 10.2. The lowest BCUT2D eigenvalue weighted by Gasteiger charge is -2.30. The fraction of sp³-hybridized carbons (Fsp3) is 0.500. The zero-order chi connectivity index (χ0) is 14.7. The summed E-state index contributed by atoms with van der Waals surface area (Å²) >= 11 is 1.59. The molecule has 1 aliphatic rings. The van der Waals surface area contributed by atoms with Crippen LogP contribution in [0.3, 0.4) is 0 Å². The van der Waals surface area contributed by atoms with Crippen molar-refractivity contribution in [3.8, 4) is 11.4 Å². The van der Waals surface area contributed by atoms with Crippen molar-refractivity contribution >= 4 is 29.7 Å². The van der Waals surface area contributed by atoms with Gasteiger partial charge in [-0.1, -0.05) is 5.16 Å². The van der Waals surface area contributed by atoms with E-state index < -0.39 is 0 Å². The number of rotatable bonds is 4. The zero-order valence-electron chi connectivity index (χ0n) is 12.1. The highest BCUT2D eigenvalue weighted by Gasteiger charge is 2.21. The maximum Gasteiger partial charge on any atom is 0.227 e. The molecule has 1 fully saturated rings. The Hall–Kier alpha value is -1.44. The first-order valence-corrected chi connectivity index (χ1v) is 8.05. The van der Waals surface area contributed by atoms with E-state index in [1.165, 1.54) is 0 Å². The van der Waals surface area contributed by atoms with Crippen LogP contribution in [0.15, 0.2) is 21.3 Å². The molecule has 8 heteroatoms. The molecule has 0 spiro atoms. The molecule has 1 atom stereocenters. The standard InChI is InChI=1S/C14H18N4O2S.ClH/c15-11-2-1-6-18(8-11)13(19)4-3-12-16-14(17-20-12)10-5-7-21-9-10;/h5,7,9,11H,1-4,6,8,15H2;1H. The second kappa shape index (κ2) is 7.71. The van der Waals surface area contributed by atoms with Crippen molar-refractivity contribution in [1.82, 2.24) is 15.0 Å². The van der Waals surface area contributed by atoms with Crippen LogP contribution in [0, 0.1) is 0 Å². The molecule has 3 heterocycles. The topological polar surface area (TPSA) is 85.2 Å². The molecule has 1 aliphatic heterocycles. The third-order valence-corrected chi connectivity index (χ3v) is 4.29. The molecule has 2 aromatic rings. The van der Waals surface area contributed by atoms with Crippen molar-refractivity contribution in [2.24, 2.45) is 5.73 Å². The van der Waals surface area contributed by atoms with Crippen molar-refractivity contribution in [2.75, 3.05) is 13.1 Å². The van der Waals surface area contributed by atoms with Crippen LogP contribution in [0.2, 0.25) is 0 Å². The molecule has 1 amide bonds. The SMILES string of the molecule is Cl.NC1CCCN(C(=O)CCc2nc(-c3ccsc3)no2)C1. The molecule has 0 aromatic carbocycles. The summed E-state index contributed by atoms with van der Waals surface area (Å²) in [5, 5.41) is 7.87. The Morgan fingerprint density at radius 2 is 2.41 bits per heavy atom. The van der Waals surface area contributed by atoms with Gasteiger partial charge in [-0.2, -0.15) is 16.3 Å². The molecule has 0 saturated carbocycles. The second-order valence-corrected chi connectivity index (χ2v) is 6.05. The van der Waals surface area contributed by atoms with Gasteiger partial charge >= 0.3 is 0 Å². The summed E-state index contributed by atoms with van der Waals surface area (Å²) < 4.78 is 5.20. The molecule has 120 valence electrons. The van der Waals surface area contributed by atoms with Gasteiger partial charge in [0.05, 0.1) is 0 Å². The predicted octanol–water partition coefficient (Wildman–Crippen LogP) is 2.10.